The average molecular weight is 647 g/mol. The van der Waals surface area contributed by atoms with Gasteiger partial charge in [0.1, 0.15) is 11.8 Å². The molecule has 3 amide bonds. The van der Waals surface area contributed by atoms with Crippen LogP contribution in [0, 0.1) is 11.6 Å². The third-order valence-electron chi connectivity index (χ3n) is 8.15. The van der Waals surface area contributed by atoms with Crippen LogP contribution in [0.1, 0.15) is 11.1 Å². The number of nitrogens with one attached hydrogen (secondary N) is 3. The molecule has 0 radical (unpaired) electrons. The van der Waals surface area contributed by atoms with E-state index in [1.54, 1.807) is 4.90 Å². The lowest BCUT2D eigenvalue weighted by Crippen LogP contribution is -2.48. The molecule has 2 aromatic rings. The third kappa shape index (κ3) is 8.48. The van der Waals surface area contributed by atoms with Gasteiger partial charge in [-0.2, -0.15) is 0 Å². The van der Waals surface area contributed by atoms with E-state index in [0.717, 1.165) is 50.4 Å². The number of anilines is 2. The SMILES string of the molecule is COC(=S)NC[C@H]1CN(c2cc(F)c(N3CCNN(C(=O)NCc4ccc(CN5CCN(C)CC5)cc4)CC3)c(F)c2)C(=O)O1. The summed E-state index contributed by atoms with van der Waals surface area (Å²) in [6.45, 7) is 6.78. The van der Waals surface area contributed by atoms with Crippen LogP contribution in [0.2, 0.25) is 0 Å². The van der Waals surface area contributed by atoms with Crippen molar-refractivity contribution in [3.05, 3.63) is 59.2 Å². The van der Waals surface area contributed by atoms with E-state index in [0.29, 0.717) is 13.1 Å². The van der Waals surface area contributed by atoms with Crippen molar-refractivity contribution in [1.29, 1.82) is 0 Å². The monoisotopic (exact) mass is 646 g/mol. The number of halogens is 2. The van der Waals surface area contributed by atoms with Gasteiger partial charge in [0.05, 0.1) is 32.4 Å². The van der Waals surface area contributed by atoms with Crippen LogP contribution in [-0.4, -0.2) is 118 Å². The minimum Gasteiger partial charge on any atom is -0.474 e. The summed E-state index contributed by atoms with van der Waals surface area (Å²) in [5.74, 6) is -1.62. The Bertz CT molecular complexity index is 1340. The first-order valence-electron chi connectivity index (χ1n) is 15.0. The van der Waals surface area contributed by atoms with Gasteiger partial charge in [-0.3, -0.25) is 14.8 Å². The molecule has 244 valence electrons. The van der Waals surface area contributed by atoms with E-state index in [-0.39, 0.29) is 55.3 Å². The van der Waals surface area contributed by atoms with Crippen molar-refractivity contribution < 1.29 is 27.8 Å². The summed E-state index contributed by atoms with van der Waals surface area (Å²) in [7, 11) is 3.56. The maximum Gasteiger partial charge on any atom is 0.414 e. The van der Waals surface area contributed by atoms with Gasteiger partial charge in [0, 0.05) is 71.0 Å². The molecule has 3 saturated heterocycles. The fourth-order valence-electron chi connectivity index (χ4n) is 5.55. The first kappa shape index (κ1) is 32.6. The van der Waals surface area contributed by atoms with Gasteiger partial charge < -0.3 is 29.9 Å². The molecule has 5 rings (SSSR count). The van der Waals surface area contributed by atoms with E-state index >= 15 is 8.78 Å². The van der Waals surface area contributed by atoms with E-state index in [1.165, 1.54) is 22.6 Å². The fourth-order valence-corrected chi connectivity index (χ4v) is 5.63. The largest absolute Gasteiger partial charge is 0.474 e. The number of piperazine rings is 1. The summed E-state index contributed by atoms with van der Waals surface area (Å²) in [6, 6.07) is 10.2. The number of benzene rings is 2. The maximum atomic E-state index is 15.3. The first-order valence-corrected chi connectivity index (χ1v) is 15.4. The third-order valence-corrected chi connectivity index (χ3v) is 8.47. The molecule has 3 aliphatic rings. The lowest BCUT2D eigenvalue weighted by Gasteiger charge is -2.32. The molecule has 2 aromatic carbocycles. The van der Waals surface area contributed by atoms with E-state index in [1.807, 2.05) is 12.1 Å². The summed E-state index contributed by atoms with van der Waals surface area (Å²) in [6.07, 6.45) is -1.28. The zero-order valence-corrected chi connectivity index (χ0v) is 26.4. The van der Waals surface area contributed by atoms with Gasteiger partial charge >= 0.3 is 12.1 Å². The number of cyclic esters (lactones) is 1. The molecule has 0 unspecified atom stereocenters. The van der Waals surface area contributed by atoms with E-state index in [9.17, 15) is 9.59 Å². The fraction of sp³-hybridized carbons (Fsp3) is 0.500. The van der Waals surface area contributed by atoms with E-state index < -0.39 is 23.8 Å². The molecule has 3 fully saturated rings. The molecule has 0 aliphatic carbocycles. The standard InChI is InChI=1S/C30H40F2N8O4S/c1-36-9-11-37(12-10-36)19-22-5-3-21(4-6-22)17-33-28(41)40-14-13-38(8-7-35-40)27-25(31)15-23(16-26(27)32)39-20-24(44-30(39)42)18-34-29(45)43-2/h3-6,15-16,24,35H,7-14,17-20H2,1-2H3,(H,33,41)(H,34,45)/t24-/m0/s1. The predicted octanol–water partition coefficient (Wildman–Crippen LogP) is 2.09. The van der Waals surface area contributed by atoms with Crippen molar-refractivity contribution in [2.45, 2.75) is 19.2 Å². The Morgan fingerprint density at radius 2 is 1.71 bits per heavy atom. The van der Waals surface area contributed by atoms with Crippen molar-refractivity contribution in [3.8, 4) is 0 Å². The number of rotatable bonds is 8. The highest BCUT2D eigenvalue weighted by Gasteiger charge is 2.34. The Morgan fingerprint density at radius 1 is 1.02 bits per heavy atom. The van der Waals surface area contributed by atoms with Gasteiger partial charge in [0.15, 0.2) is 11.6 Å². The topological polar surface area (TPSA) is 105 Å². The Balaban J connectivity index is 1.11. The smallest absolute Gasteiger partial charge is 0.414 e. The highest BCUT2D eigenvalue weighted by atomic mass is 32.1. The van der Waals surface area contributed by atoms with Crippen LogP contribution in [0.5, 0.6) is 0 Å². The van der Waals surface area contributed by atoms with Crippen LogP contribution < -0.4 is 25.9 Å². The molecule has 1 atom stereocenters. The number of carbonyl (C=O) groups is 2. The summed E-state index contributed by atoms with van der Waals surface area (Å²) >= 11 is 4.92. The Labute approximate surface area is 267 Å². The van der Waals surface area contributed by atoms with Crippen molar-refractivity contribution in [1.82, 2.24) is 30.9 Å². The number of methoxy groups -OCH3 is 1. The van der Waals surface area contributed by atoms with Crippen LogP contribution in [0.3, 0.4) is 0 Å². The van der Waals surface area contributed by atoms with E-state index in [2.05, 4.69) is 45.0 Å². The summed E-state index contributed by atoms with van der Waals surface area (Å²) < 4.78 is 40.8. The highest BCUT2D eigenvalue weighted by Crippen LogP contribution is 2.31. The number of hydrogen-bond donors (Lipinski definition) is 3. The molecule has 0 aromatic heterocycles. The van der Waals surface area contributed by atoms with Crippen molar-refractivity contribution in [3.63, 3.8) is 0 Å². The molecule has 12 nitrogen and oxygen atoms in total. The first-order chi connectivity index (χ1) is 21.7. The van der Waals surface area contributed by atoms with Crippen LogP contribution >= 0.6 is 12.2 Å². The number of nitrogens with zero attached hydrogens (tertiary/aromatic N) is 5. The average Bonchev–Trinajstić information content (AvgIpc) is 3.24. The molecular weight excluding hydrogens is 606 g/mol. The van der Waals surface area contributed by atoms with Crippen LogP contribution in [0.4, 0.5) is 29.7 Å². The molecular formula is C30H40F2N8O4S. The number of amides is 3. The molecule has 3 N–H and O–H groups in total. The highest BCUT2D eigenvalue weighted by molar-refractivity contribution is 7.80. The van der Waals surface area contributed by atoms with Gasteiger partial charge in [-0.05, 0) is 30.4 Å². The number of hydrazine groups is 1. The Morgan fingerprint density at radius 3 is 2.40 bits per heavy atom. The second-order valence-corrected chi connectivity index (χ2v) is 11.7. The van der Waals surface area contributed by atoms with E-state index in [4.69, 9.17) is 21.7 Å². The Kier molecular flexibility index (Phi) is 10.9. The molecule has 45 heavy (non-hydrogen) atoms. The van der Waals surface area contributed by atoms with Gasteiger partial charge in [-0.15, -0.1) is 0 Å². The number of urea groups is 1. The minimum absolute atomic E-state index is 0.0527. The number of thiocarbonyl (C=S) groups is 1. The summed E-state index contributed by atoms with van der Waals surface area (Å²) in [5.41, 5.74) is 5.10. The van der Waals surface area contributed by atoms with Gasteiger partial charge in [-0.25, -0.2) is 23.8 Å². The lowest BCUT2D eigenvalue weighted by atomic mass is 10.1. The number of likely N-dealkylation sites (N-methyl/N-ethyl adjacent to an activating group) is 1. The minimum atomic E-state index is -0.811. The second kappa shape index (κ2) is 15.0. The van der Waals surface area contributed by atoms with Gasteiger partial charge in [0.25, 0.3) is 5.17 Å². The quantitative estimate of drug-likeness (QED) is 0.370. The molecule has 0 saturated carbocycles. The summed E-state index contributed by atoms with van der Waals surface area (Å²) in [5, 5.41) is 7.29. The molecule has 3 aliphatic heterocycles. The number of carbonyl (C=O) groups excluding carboxylic acids is 2. The second-order valence-electron chi connectivity index (χ2n) is 11.3. The van der Waals surface area contributed by atoms with Crippen molar-refractivity contribution in [2.75, 3.05) is 89.4 Å². The zero-order valence-electron chi connectivity index (χ0n) is 25.6. The Hall–Kier alpha value is -3.79. The zero-order chi connectivity index (χ0) is 31.9. The van der Waals surface area contributed by atoms with Crippen molar-refractivity contribution >= 4 is 40.9 Å². The molecule has 0 bridgehead atoms. The van der Waals surface area contributed by atoms with Crippen LogP contribution in [-0.2, 0) is 22.6 Å². The lowest BCUT2D eigenvalue weighted by molar-refractivity contribution is 0.142. The van der Waals surface area contributed by atoms with Crippen LogP contribution in [0.15, 0.2) is 36.4 Å². The van der Waals surface area contributed by atoms with Gasteiger partial charge in [-0.1, -0.05) is 24.3 Å². The molecule has 3 heterocycles. The summed E-state index contributed by atoms with van der Waals surface area (Å²) in [4.78, 5) is 32.8. The van der Waals surface area contributed by atoms with Gasteiger partial charge in [0.2, 0.25) is 0 Å². The maximum absolute atomic E-state index is 15.3. The molecule has 0 spiro atoms. The predicted molar refractivity (Wildman–Crippen MR) is 170 cm³/mol. The van der Waals surface area contributed by atoms with Crippen molar-refractivity contribution in [2.24, 2.45) is 0 Å². The number of hydrogen-bond acceptors (Lipinski definition) is 9. The van der Waals surface area contributed by atoms with Crippen LogP contribution in [0.25, 0.3) is 0 Å². The normalized spacial score (nSPS) is 19.7. The number of ether oxygens (including phenoxy) is 2. The molecule has 15 heteroatoms.